The molecule has 1 amide bonds. The Kier molecular flexibility index (Phi) is 4.06. The topological polar surface area (TPSA) is 71.0 Å². The molecule has 0 aromatic carbocycles. The maximum absolute atomic E-state index is 12.0. The van der Waals surface area contributed by atoms with Crippen molar-refractivity contribution < 1.29 is 4.79 Å². The molecule has 6 nitrogen and oxygen atoms in total. The third kappa shape index (κ3) is 3.25. The Balaban J connectivity index is 2.22. The first-order chi connectivity index (χ1) is 9.08. The number of rotatable bonds is 3. The summed E-state index contributed by atoms with van der Waals surface area (Å²) in [5, 5.41) is 2.74. The van der Waals surface area contributed by atoms with Crippen LogP contribution in [0.25, 0.3) is 0 Å². The third-order valence-corrected chi connectivity index (χ3v) is 2.79. The van der Waals surface area contributed by atoms with Gasteiger partial charge in [-0.2, -0.15) is 0 Å². The number of pyridine rings is 1. The molecule has 0 bridgehead atoms. The lowest BCUT2D eigenvalue weighted by Gasteiger charge is -2.15. The molecule has 0 saturated heterocycles. The molecule has 2 aromatic rings. The molecule has 2 rings (SSSR count). The summed E-state index contributed by atoms with van der Waals surface area (Å²) in [4.78, 5) is 25.9. The standard InChI is InChI=1S/C12H12BrN5O/c1-18(2)11-10(6-14-7-16-11)17-12(19)9-4-3-8(13)5-15-9/h3-7H,1-2H3,(H,17,19). The van der Waals surface area contributed by atoms with Crippen LogP contribution in [0.1, 0.15) is 10.5 Å². The van der Waals surface area contributed by atoms with Gasteiger partial charge in [0.2, 0.25) is 0 Å². The number of nitrogens with one attached hydrogen (secondary N) is 1. The van der Waals surface area contributed by atoms with E-state index in [0.29, 0.717) is 17.2 Å². The van der Waals surface area contributed by atoms with Crippen molar-refractivity contribution in [2.24, 2.45) is 0 Å². The number of carbonyl (C=O) groups excluding carboxylic acids is 1. The van der Waals surface area contributed by atoms with Gasteiger partial charge < -0.3 is 10.2 Å². The van der Waals surface area contributed by atoms with Crippen LogP contribution in [0.15, 0.2) is 35.3 Å². The van der Waals surface area contributed by atoms with E-state index in [9.17, 15) is 4.79 Å². The summed E-state index contributed by atoms with van der Waals surface area (Å²) in [5.74, 6) is 0.339. The van der Waals surface area contributed by atoms with Gasteiger partial charge in [-0.1, -0.05) is 0 Å². The van der Waals surface area contributed by atoms with Gasteiger partial charge in [-0.15, -0.1) is 0 Å². The molecule has 0 aliphatic heterocycles. The summed E-state index contributed by atoms with van der Waals surface area (Å²) in [7, 11) is 3.69. The quantitative estimate of drug-likeness (QED) is 0.935. The highest BCUT2D eigenvalue weighted by atomic mass is 79.9. The second-order valence-electron chi connectivity index (χ2n) is 3.97. The Bertz CT molecular complexity index is 585. The first kappa shape index (κ1) is 13.4. The van der Waals surface area contributed by atoms with Crippen molar-refractivity contribution in [2.45, 2.75) is 0 Å². The number of carbonyl (C=O) groups is 1. The van der Waals surface area contributed by atoms with Crippen molar-refractivity contribution in [3.05, 3.63) is 41.0 Å². The second-order valence-corrected chi connectivity index (χ2v) is 4.89. The van der Waals surface area contributed by atoms with Gasteiger partial charge in [0.15, 0.2) is 5.82 Å². The van der Waals surface area contributed by atoms with Crippen molar-refractivity contribution in [3.63, 3.8) is 0 Å². The molecule has 0 radical (unpaired) electrons. The minimum atomic E-state index is -0.301. The molecule has 2 aromatic heterocycles. The van der Waals surface area contributed by atoms with Crippen molar-refractivity contribution in [1.82, 2.24) is 15.0 Å². The van der Waals surface area contributed by atoms with E-state index in [0.717, 1.165) is 4.47 Å². The predicted octanol–water partition coefficient (Wildman–Crippen LogP) is 1.95. The van der Waals surface area contributed by atoms with Crippen molar-refractivity contribution in [1.29, 1.82) is 0 Å². The van der Waals surface area contributed by atoms with Crippen molar-refractivity contribution in [2.75, 3.05) is 24.3 Å². The summed E-state index contributed by atoms with van der Waals surface area (Å²) in [6, 6.07) is 3.40. The Morgan fingerprint density at radius 2 is 2.05 bits per heavy atom. The zero-order valence-electron chi connectivity index (χ0n) is 10.5. The fraction of sp³-hybridized carbons (Fsp3) is 0.167. The molecule has 1 N–H and O–H groups in total. The lowest BCUT2D eigenvalue weighted by atomic mass is 10.3. The molecule has 19 heavy (non-hydrogen) atoms. The third-order valence-electron chi connectivity index (χ3n) is 2.32. The van der Waals surface area contributed by atoms with E-state index in [4.69, 9.17) is 0 Å². The Morgan fingerprint density at radius 3 is 2.68 bits per heavy atom. The van der Waals surface area contributed by atoms with Crippen LogP contribution in [0.4, 0.5) is 11.5 Å². The number of nitrogens with zero attached hydrogens (tertiary/aromatic N) is 4. The highest BCUT2D eigenvalue weighted by molar-refractivity contribution is 9.10. The van der Waals surface area contributed by atoms with Gasteiger partial charge in [-0.25, -0.2) is 15.0 Å². The van der Waals surface area contributed by atoms with E-state index in [-0.39, 0.29) is 5.91 Å². The number of aromatic nitrogens is 3. The van der Waals surface area contributed by atoms with E-state index < -0.39 is 0 Å². The van der Waals surface area contributed by atoms with Crippen LogP contribution in [-0.2, 0) is 0 Å². The van der Waals surface area contributed by atoms with Gasteiger partial charge in [0, 0.05) is 24.8 Å². The van der Waals surface area contributed by atoms with Gasteiger partial charge in [-0.05, 0) is 28.1 Å². The minimum Gasteiger partial charge on any atom is -0.361 e. The van der Waals surface area contributed by atoms with Crippen LogP contribution in [0, 0.1) is 0 Å². The van der Waals surface area contributed by atoms with Crippen LogP contribution in [0.3, 0.4) is 0 Å². The first-order valence-corrected chi connectivity index (χ1v) is 6.27. The average Bonchev–Trinajstić information content (AvgIpc) is 2.39. The SMILES string of the molecule is CN(C)c1ncncc1NC(=O)c1ccc(Br)cn1. The molecule has 7 heteroatoms. The van der Waals surface area contributed by atoms with E-state index >= 15 is 0 Å². The largest absolute Gasteiger partial charge is 0.361 e. The number of anilines is 2. The fourth-order valence-electron chi connectivity index (χ4n) is 1.46. The highest BCUT2D eigenvalue weighted by Crippen LogP contribution is 2.19. The highest BCUT2D eigenvalue weighted by Gasteiger charge is 2.12. The number of halogens is 1. The minimum absolute atomic E-state index is 0.301. The lowest BCUT2D eigenvalue weighted by Crippen LogP contribution is -2.18. The van der Waals surface area contributed by atoms with E-state index in [2.05, 4.69) is 36.2 Å². The molecular weight excluding hydrogens is 310 g/mol. The Labute approximate surface area is 119 Å². The van der Waals surface area contributed by atoms with Gasteiger partial charge in [0.05, 0.1) is 6.20 Å². The summed E-state index contributed by atoms with van der Waals surface area (Å²) in [6.45, 7) is 0. The van der Waals surface area contributed by atoms with Crippen LogP contribution in [0.5, 0.6) is 0 Å². The van der Waals surface area contributed by atoms with Crippen LogP contribution in [0.2, 0.25) is 0 Å². The summed E-state index contributed by atoms with van der Waals surface area (Å²) >= 11 is 3.27. The van der Waals surface area contributed by atoms with Gasteiger partial charge >= 0.3 is 0 Å². The van der Waals surface area contributed by atoms with E-state index in [1.165, 1.54) is 6.33 Å². The van der Waals surface area contributed by atoms with Crippen LogP contribution < -0.4 is 10.2 Å². The van der Waals surface area contributed by atoms with Gasteiger partial charge in [0.1, 0.15) is 17.7 Å². The molecule has 0 fully saturated rings. The number of amides is 1. The smallest absolute Gasteiger partial charge is 0.274 e. The molecule has 0 atom stereocenters. The van der Waals surface area contributed by atoms with E-state index in [1.54, 1.807) is 29.4 Å². The van der Waals surface area contributed by atoms with Crippen molar-refractivity contribution >= 4 is 33.3 Å². The van der Waals surface area contributed by atoms with Crippen molar-refractivity contribution in [3.8, 4) is 0 Å². The summed E-state index contributed by atoms with van der Waals surface area (Å²) < 4.78 is 0.820. The molecule has 2 heterocycles. The second kappa shape index (κ2) is 5.75. The fourth-order valence-corrected chi connectivity index (χ4v) is 1.70. The number of hydrogen-bond donors (Lipinski definition) is 1. The maximum Gasteiger partial charge on any atom is 0.274 e. The molecule has 0 spiro atoms. The zero-order valence-corrected chi connectivity index (χ0v) is 12.0. The molecule has 0 aliphatic rings. The maximum atomic E-state index is 12.0. The van der Waals surface area contributed by atoms with Crippen LogP contribution >= 0.6 is 15.9 Å². The predicted molar refractivity (Wildman–Crippen MR) is 76.2 cm³/mol. The van der Waals surface area contributed by atoms with Crippen LogP contribution in [-0.4, -0.2) is 35.0 Å². The molecule has 0 unspecified atom stereocenters. The molecule has 0 aliphatic carbocycles. The zero-order chi connectivity index (χ0) is 13.8. The summed E-state index contributed by atoms with van der Waals surface area (Å²) in [5.41, 5.74) is 0.874. The van der Waals surface area contributed by atoms with Gasteiger partial charge in [0.25, 0.3) is 5.91 Å². The summed E-state index contributed by atoms with van der Waals surface area (Å²) in [6.07, 6.45) is 4.56. The van der Waals surface area contributed by atoms with E-state index in [1.807, 2.05) is 14.1 Å². The normalized spacial score (nSPS) is 10.1. The first-order valence-electron chi connectivity index (χ1n) is 5.48. The Morgan fingerprint density at radius 1 is 1.26 bits per heavy atom. The Hall–Kier alpha value is -2.02. The molecule has 0 saturated carbocycles. The van der Waals surface area contributed by atoms with Gasteiger partial charge in [-0.3, -0.25) is 4.79 Å². The lowest BCUT2D eigenvalue weighted by molar-refractivity contribution is 0.102. The average molecular weight is 322 g/mol. The number of hydrogen-bond acceptors (Lipinski definition) is 5. The monoisotopic (exact) mass is 321 g/mol. The molecule has 98 valence electrons. The molecular formula is C12H12BrN5O.